The lowest BCUT2D eigenvalue weighted by atomic mass is 9.61. The number of nitrogens with zero attached hydrogens (tertiary/aromatic N) is 2. The topological polar surface area (TPSA) is 35.0 Å². The van der Waals surface area contributed by atoms with Crippen LogP contribution >= 0.6 is 0 Å². The molecule has 1 aliphatic heterocycles. The maximum Gasteiger partial charge on any atom is 0.160 e. The summed E-state index contributed by atoms with van der Waals surface area (Å²) >= 11 is 0. The predicted octanol–water partition coefficient (Wildman–Crippen LogP) is 13.2. The summed E-state index contributed by atoms with van der Waals surface area (Å²) in [5, 5.41) is 2.36. The highest BCUT2D eigenvalue weighted by Gasteiger charge is 2.46. The molecular formula is C51H38N2O. The molecule has 10 rings (SSSR count). The average Bonchev–Trinajstić information content (AvgIpc) is 3.26. The van der Waals surface area contributed by atoms with Crippen LogP contribution in [0.5, 0.6) is 11.5 Å². The van der Waals surface area contributed by atoms with Crippen molar-refractivity contribution in [1.29, 1.82) is 0 Å². The number of rotatable bonds is 6. The molecule has 8 aromatic rings. The Hall–Kier alpha value is -6.58. The van der Waals surface area contributed by atoms with Gasteiger partial charge in [-0.25, -0.2) is 9.97 Å². The molecule has 1 aliphatic carbocycles. The Bertz CT molecular complexity index is 2660. The average molecular weight is 695 g/mol. The highest BCUT2D eigenvalue weighted by Crippen LogP contribution is 2.57. The van der Waals surface area contributed by atoms with E-state index in [0.29, 0.717) is 5.82 Å². The summed E-state index contributed by atoms with van der Waals surface area (Å²) in [4.78, 5) is 10.5. The number of ether oxygens (including phenoxy) is 1. The van der Waals surface area contributed by atoms with Crippen LogP contribution in [-0.4, -0.2) is 9.97 Å². The first-order chi connectivity index (χ1) is 26.8. The van der Waals surface area contributed by atoms with Gasteiger partial charge in [0.05, 0.1) is 16.8 Å². The minimum Gasteiger partial charge on any atom is -0.457 e. The first-order valence-corrected chi connectivity index (χ1v) is 19.0. The SMILES string of the molecule is C1=C(C2(c3cccc(-c4cccc(-c5nc(-c6ccccc6)cc(-c6cccc7ccccc67)n5)c4)c3)c3ccccc3Oc3ccccc32)CCCC1. The molecule has 3 heteroatoms. The lowest BCUT2D eigenvalue weighted by molar-refractivity contribution is 0.427. The van der Waals surface area contributed by atoms with Crippen LogP contribution in [0.15, 0.2) is 188 Å². The fourth-order valence-corrected chi connectivity index (χ4v) is 8.71. The molecule has 0 saturated heterocycles. The minimum atomic E-state index is -0.458. The highest BCUT2D eigenvalue weighted by molar-refractivity contribution is 5.96. The van der Waals surface area contributed by atoms with Crippen molar-refractivity contribution < 1.29 is 4.74 Å². The summed E-state index contributed by atoms with van der Waals surface area (Å²) in [5.41, 5.74) is 11.9. The number of hydrogen-bond donors (Lipinski definition) is 0. The van der Waals surface area contributed by atoms with E-state index in [2.05, 4.69) is 176 Å². The van der Waals surface area contributed by atoms with Gasteiger partial charge >= 0.3 is 0 Å². The van der Waals surface area contributed by atoms with Gasteiger partial charge in [-0.15, -0.1) is 0 Å². The van der Waals surface area contributed by atoms with E-state index < -0.39 is 5.41 Å². The molecule has 54 heavy (non-hydrogen) atoms. The zero-order chi connectivity index (χ0) is 35.9. The maximum atomic E-state index is 6.59. The van der Waals surface area contributed by atoms with Crippen molar-refractivity contribution in [2.45, 2.75) is 31.1 Å². The lowest BCUT2D eigenvalue weighted by Crippen LogP contribution is -2.35. The van der Waals surface area contributed by atoms with Crippen LogP contribution < -0.4 is 4.74 Å². The van der Waals surface area contributed by atoms with Gasteiger partial charge in [-0.2, -0.15) is 0 Å². The number of hydrogen-bond acceptors (Lipinski definition) is 3. The van der Waals surface area contributed by atoms with Crippen molar-refractivity contribution in [3.05, 3.63) is 204 Å². The smallest absolute Gasteiger partial charge is 0.160 e. The molecule has 1 aromatic heterocycles. The van der Waals surface area contributed by atoms with Crippen LogP contribution in [0.25, 0.3) is 55.8 Å². The zero-order valence-electron chi connectivity index (χ0n) is 30.0. The molecule has 0 fully saturated rings. The third-order valence-corrected chi connectivity index (χ3v) is 11.2. The van der Waals surface area contributed by atoms with Gasteiger partial charge < -0.3 is 4.74 Å². The number of fused-ring (bicyclic) bond motifs is 3. The molecular weight excluding hydrogens is 657 g/mol. The van der Waals surface area contributed by atoms with Crippen LogP contribution in [0, 0.1) is 0 Å². The van der Waals surface area contributed by atoms with Crippen LogP contribution in [0.2, 0.25) is 0 Å². The number of aromatic nitrogens is 2. The Morgan fingerprint density at radius 3 is 1.91 bits per heavy atom. The van der Waals surface area contributed by atoms with Gasteiger partial charge in [0.1, 0.15) is 11.5 Å². The van der Waals surface area contributed by atoms with Gasteiger partial charge in [-0.3, -0.25) is 0 Å². The Labute approximate surface area is 316 Å². The molecule has 258 valence electrons. The fraction of sp³-hybridized carbons (Fsp3) is 0.0980. The molecule has 0 saturated carbocycles. The van der Waals surface area contributed by atoms with E-state index in [0.717, 1.165) is 63.5 Å². The molecule has 2 heterocycles. The van der Waals surface area contributed by atoms with E-state index in [1.54, 1.807) is 0 Å². The van der Waals surface area contributed by atoms with Crippen molar-refractivity contribution in [3.63, 3.8) is 0 Å². The minimum absolute atomic E-state index is 0.458. The van der Waals surface area contributed by atoms with E-state index in [4.69, 9.17) is 14.7 Å². The quantitative estimate of drug-likeness (QED) is 0.163. The molecule has 0 unspecified atom stereocenters. The van der Waals surface area contributed by atoms with Gasteiger partial charge in [0.2, 0.25) is 0 Å². The molecule has 3 nitrogen and oxygen atoms in total. The summed E-state index contributed by atoms with van der Waals surface area (Å²) in [7, 11) is 0. The van der Waals surface area contributed by atoms with Crippen LogP contribution in [0.4, 0.5) is 0 Å². The van der Waals surface area contributed by atoms with E-state index >= 15 is 0 Å². The van der Waals surface area contributed by atoms with Crippen molar-refractivity contribution in [1.82, 2.24) is 9.97 Å². The van der Waals surface area contributed by atoms with Gasteiger partial charge in [0.25, 0.3) is 0 Å². The predicted molar refractivity (Wildman–Crippen MR) is 221 cm³/mol. The molecule has 0 bridgehead atoms. The second-order valence-corrected chi connectivity index (χ2v) is 14.3. The largest absolute Gasteiger partial charge is 0.457 e. The monoisotopic (exact) mass is 694 g/mol. The second kappa shape index (κ2) is 13.4. The highest BCUT2D eigenvalue weighted by atomic mass is 16.5. The van der Waals surface area contributed by atoms with E-state index in [1.165, 1.54) is 45.9 Å². The standard InChI is InChI=1S/C51H38N2O/c1-3-17-36(18-4-1)46-34-47(43-27-15-19-35-16-7-8-26-42(35)43)53-50(52-46)39-22-13-20-37(32-39)38-21-14-25-41(33-38)51(40-23-5-2-6-24-40)44-28-9-11-30-48(44)54-49-31-12-10-29-45(49)51/h1,3-4,7-23,25-34H,2,5-6,24H2. The third kappa shape index (κ3) is 5.43. The van der Waals surface area contributed by atoms with Gasteiger partial charge in [-0.05, 0) is 83.5 Å². The fourth-order valence-electron chi connectivity index (χ4n) is 8.71. The summed E-state index contributed by atoms with van der Waals surface area (Å²) in [6, 6.07) is 62.5. The van der Waals surface area contributed by atoms with E-state index in [9.17, 15) is 0 Å². The summed E-state index contributed by atoms with van der Waals surface area (Å²) in [6.07, 6.45) is 7.05. The molecule has 0 amide bonds. The third-order valence-electron chi connectivity index (χ3n) is 11.2. The summed E-state index contributed by atoms with van der Waals surface area (Å²) in [5.74, 6) is 2.55. The number of allylic oxidation sites excluding steroid dienone is 2. The summed E-state index contributed by atoms with van der Waals surface area (Å²) in [6.45, 7) is 0. The molecule has 0 spiro atoms. The molecule has 7 aromatic carbocycles. The van der Waals surface area contributed by atoms with Gasteiger partial charge in [-0.1, -0.05) is 157 Å². The Balaban J connectivity index is 1.14. The number of para-hydroxylation sites is 2. The van der Waals surface area contributed by atoms with Crippen molar-refractivity contribution in [3.8, 4) is 56.5 Å². The maximum absolute atomic E-state index is 6.59. The van der Waals surface area contributed by atoms with E-state index in [-0.39, 0.29) is 0 Å². The van der Waals surface area contributed by atoms with Crippen LogP contribution in [0.3, 0.4) is 0 Å². The first-order valence-electron chi connectivity index (χ1n) is 19.0. The Kier molecular flexibility index (Phi) is 7.99. The van der Waals surface area contributed by atoms with Gasteiger partial charge in [0.15, 0.2) is 5.82 Å². The van der Waals surface area contributed by atoms with Gasteiger partial charge in [0, 0.05) is 27.8 Å². The van der Waals surface area contributed by atoms with Crippen molar-refractivity contribution >= 4 is 10.8 Å². The molecule has 0 atom stereocenters. The normalized spacial score (nSPS) is 14.4. The molecule has 0 N–H and O–H groups in total. The summed E-state index contributed by atoms with van der Waals surface area (Å²) < 4.78 is 6.59. The first kappa shape index (κ1) is 32.1. The van der Waals surface area contributed by atoms with Crippen molar-refractivity contribution in [2.75, 3.05) is 0 Å². The van der Waals surface area contributed by atoms with Crippen LogP contribution in [-0.2, 0) is 5.41 Å². The zero-order valence-corrected chi connectivity index (χ0v) is 30.0. The van der Waals surface area contributed by atoms with E-state index in [1.807, 2.05) is 6.07 Å². The Morgan fingerprint density at radius 1 is 0.481 bits per heavy atom. The van der Waals surface area contributed by atoms with Crippen LogP contribution in [0.1, 0.15) is 42.4 Å². The van der Waals surface area contributed by atoms with Crippen molar-refractivity contribution in [2.24, 2.45) is 0 Å². The molecule has 2 aliphatic rings. The Morgan fingerprint density at radius 2 is 1.11 bits per heavy atom. The number of benzene rings is 7. The second-order valence-electron chi connectivity index (χ2n) is 14.3. The molecule has 0 radical (unpaired) electrons. The lowest BCUT2D eigenvalue weighted by Gasteiger charge is -2.44.